The van der Waals surface area contributed by atoms with E-state index in [0.29, 0.717) is 12.2 Å². The maximum absolute atomic E-state index is 13.2. The van der Waals surface area contributed by atoms with Crippen molar-refractivity contribution in [3.05, 3.63) is 29.3 Å². The van der Waals surface area contributed by atoms with Gasteiger partial charge in [0.05, 0.1) is 15.2 Å². The first-order valence-electron chi connectivity index (χ1n) is 24.2. The summed E-state index contributed by atoms with van der Waals surface area (Å²) in [7, 11) is 4.60. The van der Waals surface area contributed by atoms with Gasteiger partial charge in [0.15, 0.2) is 5.82 Å². The lowest BCUT2D eigenvalue weighted by Crippen LogP contribution is -2.39. The molecule has 0 spiro atoms. The summed E-state index contributed by atoms with van der Waals surface area (Å²) in [5.74, 6) is 0.656. The number of aromatic nitrogens is 2. The monoisotopic (exact) mass is 822 g/mol. The fraction of sp³-hybridized carbons (Fsp3) is 0.776. The van der Waals surface area contributed by atoms with Crippen LogP contribution in [0.25, 0.3) is 21.1 Å². The zero-order valence-electron chi connectivity index (χ0n) is 38.4. The zero-order chi connectivity index (χ0) is 41.6. The van der Waals surface area contributed by atoms with Gasteiger partial charge in [-0.2, -0.15) is 0 Å². The quantitative estimate of drug-likeness (QED) is 0.0581. The minimum Gasteiger partial charge on any atom is -0.309 e. The van der Waals surface area contributed by atoms with Gasteiger partial charge >= 0.3 is 0 Å². The molecule has 0 bridgehead atoms. The molecule has 0 atom stereocenters. The average molecular weight is 822 g/mol. The van der Waals surface area contributed by atoms with Crippen molar-refractivity contribution in [3.8, 4) is 0 Å². The van der Waals surface area contributed by atoms with Crippen molar-refractivity contribution in [1.82, 2.24) is 29.6 Å². The number of aryl methyl sites for hydroxylation is 1. The molecule has 3 rings (SSSR count). The van der Waals surface area contributed by atoms with Crippen LogP contribution in [0.2, 0.25) is 0 Å². The number of para-hydroxylation sites is 1. The number of fused-ring (bicyclic) bond motifs is 3. The largest absolute Gasteiger partial charge is 0.309 e. The Kier molecular flexibility index (Phi) is 27.4. The Hall–Kier alpha value is -2.17. The molecule has 1 aromatic carbocycles. The highest BCUT2D eigenvalue weighted by atomic mass is 32.1. The molecule has 1 N–H and O–H groups in total. The highest BCUT2D eigenvalue weighted by Gasteiger charge is 2.16. The third-order valence-corrected chi connectivity index (χ3v) is 13.1. The molecule has 9 heteroatoms. The first-order valence-corrected chi connectivity index (χ1v) is 25.0. The van der Waals surface area contributed by atoms with Crippen LogP contribution in [0.15, 0.2) is 24.3 Å². The van der Waals surface area contributed by atoms with Gasteiger partial charge in [-0.15, -0.1) is 11.3 Å². The highest BCUT2D eigenvalue weighted by Crippen LogP contribution is 2.34. The molecular formula is C49H87N7OS. The molecule has 2 heterocycles. The molecule has 0 saturated carbocycles. The number of likely N-dealkylation sites (N-methyl/N-ethyl adjacent to an activating group) is 3. The second-order valence-electron chi connectivity index (χ2n) is 17.2. The van der Waals surface area contributed by atoms with Crippen LogP contribution in [-0.2, 0) is 11.2 Å². The van der Waals surface area contributed by atoms with E-state index in [2.05, 4.69) is 78.8 Å². The third kappa shape index (κ3) is 20.9. The van der Waals surface area contributed by atoms with Gasteiger partial charge in [0.1, 0.15) is 5.52 Å². The minimum absolute atomic E-state index is 0.0439. The van der Waals surface area contributed by atoms with Crippen molar-refractivity contribution < 1.29 is 4.79 Å². The van der Waals surface area contributed by atoms with Gasteiger partial charge in [-0.3, -0.25) is 4.79 Å². The molecule has 3 aromatic rings. The van der Waals surface area contributed by atoms with Crippen LogP contribution < -0.4 is 5.32 Å². The summed E-state index contributed by atoms with van der Waals surface area (Å²) >= 11 is 1.74. The second-order valence-corrected chi connectivity index (χ2v) is 18.3. The smallest absolute Gasteiger partial charge is 0.225 e. The Balaban J connectivity index is 1.38. The molecule has 0 fully saturated rings. The summed E-state index contributed by atoms with van der Waals surface area (Å²) in [6, 6.07) is 8.20. The third-order valence-electron chi connectivity index (χ3n) is 11.9. The van der Waals surface area contributed by atoms with E-state index in [0.717, 1.165) is 104 Å². The Morgan fingerprint density at radius 3 is 1.64 bits per heavy atom. The lowest BCUT2D eigenvalue weighted by Gasteiger charge is -2.28. The number of unbranched alkanes of at least 4 members (excludes halogenated alkanes) is 16. The van der Waals surface area contributed by atoms with E-state index < -0.39 is 0 Å². The fourth-order valence-corrected chi connectivity index (χ4v) is 9.14. The van der Waals surface area contributed by atoms with E-state index in [1.807, 2.05) is 12.1 Å². The topological polar surface area (TPSA) is 67.8 Å². The number of amides is 1. The summed E-state index contributed by atoms with van der Waals surface area (Å²) in [4.78, 5) is 33.3. The van der Waals surface area contributed by atoms with Crippen LogP contribution in [0, 0.1) is 0 Å². The standard InChI is InChI=1S/C49H87N7OS/c1-7-11-13-15-17-19-21-27-34-55(10-4)41-39-53(5)37-38-54(6)40-42-56(35-28-22-20-18-16-14-12-8-2)36-29-23-24-33-45(57)51-49-47-48(58-46(52-47)30-9-3)43-31-25-26-32-44(43)50-49/h25-26,31-32H,7-24,27-30,33-42H2,1-6H3,(H,50,51,57). The molecule has 330 valence electrons. The number of pyridine rings is 1. The summed E-state index contributed by atoms with van der Waals surface area (Å²) in [5.41, 5.74) is 1.75. The van der Waals surface area contributed by atoms with Crippen LogP contribution in [0.4, 0.5) is 5.82 Å². The summed E-state index contributed by atoms with van der Waals surface area (Å²) in [5, 5.41) is 5.37. The van der Waals surface area contributed by atoms with Crippen LogP contribution in [0.3, 0.4) is 0 Å². The molecule has 0 aliphatic heterocycles. The number of hydrogen-bond acceptors (Lipinski definition) is 8. The van der Waals surface area contributed by atoms with Gasteiger partial charge in [0.2, 0.25) is 5.91 Å². The number of benzene rings is 1. The first kappa shape index (κ1) is 50.2. The molecule has 8 nitrogen and oxygen atoms in total. The van der Waals surface area contributed by atoms with Gasteiger partial charge in [-0.25, -0.2) is 9.97 Å². The van der Waals surface area contributed by atoms with Crippen LogP contribution in [0.1, 0.15) is 168 Å². The van der Waals surface area contributed by atoms with Gasteiger partial charge in [0.25, 0.3) is 0 Å². The summed E-state index contributed by atoms with van der Waals surface area (Å²) < 4.78 is 1.13. The van der Waals surface area contributed by atoms with E-state index >= 15 is 0 Å². The summed E-state index contributed by atoms with van der Waals surface area (Å²) in [6.45, 7) is 20.6. The molecule has 58 heavy (non-hydrogen) atoms. The Morgan fingerprint density at radius 1 is 0.569 bits per heavy atom. The van der Waals surface area contributed by atoms with Crippen molar-refractivity contribution in [3.63, 3.8) is 0 Å². The molecule has 2 aromatic heterocycles. The van der Waals surface area contributed by atoms with Crippen molar-refractivity contribution in [2.24, 2.45) is 0 Å². The molecule has 0 aliphatic rings. The number of anilines is 1. The minimum atomic E-state index is 0.0439. The maximum Gasteiger partial charge on any atom is 0.225 e. The average Bonchev–Trinajstić information content (AvgIpc) is 3.66. The number of hydrogen-bond donors (Lipinski definition) is 1. The number of nitrogens with zero attached hydrogens (tertiary/aromatic N) is 6. The van der Waals surface area contributed by atoms with Crippen molar-refractivity contribution in [1.29, 1.82) is 0 Å². The molecule has 0 radical (unpaired) electrons. The number of carbonyl (C=O) groups is 1. The maximum atomic E-state index is 13.2. The normalized spacial score (nSPS) is 12.1. The molecule has 0 aliphatic carbocycles. The van der Waals surface area contributed by atoms with Gasteiger partial charge < -0.3 is 24.9 Å². The Bertz CT molecular complexity index is 1480. The lowest BCUT2D eigenvalue weighted by atomic mass is 10.1. The number of nitrogens with one attached hydrogen (secondary N) is 1. The highest BCUT2D eigenvalue weighted by molar-refractivity contribution is 7.19. The zero-order valence-corrected chi connectivity index (χ0v) is 39.3. The number of thiazole rings is 1. The Morgan fingerprint density at radius 2 is 1.07 bits per heavy atom. The second kappa shape index (κ2) is 31.7. The van der Waals surface area contributed by atoms with Crippen LogP contribution in [-0.4, -0.2) is 115 Å². The van der Waals surface area contributed by atoms with E-state index in [1.54, 1.807) is 11.3 Å². The SMILES string of the molecule is CCCCCCCCCCN(CC)CCN(C)CCN(C)CCN(CCCCCCCCCC)CCCCCC(=O)Nc1nc2ccccc2c2sc(CCC)nc12. The van der Waals surface area contributed by atoms with Crippen molar-refractivity contribution in [2.75, 3.05) is 84.9 Å². The fourth-order valence-electron chi connectivity index (χ4n) is 7.94. The van der Waals surface area contributed by atoms with E-state index in [9.17, 15) is 4.79 Å². The Labute approximate surface area is 360 Å². The van der Waals surface area contributed by atoms with Crippen LogP contribution in [0.5, 0.6) is 0 Å². The number of rotatable bonds is 37. The van der Waals surface area contributed by atoms with E-state index in [1.165, 1.54) is 122 Å². The molecule has 0 unspecified atom stereocenters. The molecule has 1 amide bonds. The van der Waals surface area contributed by atoms with E-state index in [-0.39, 0.29) is 5.91 Å². The van der Waals surface area contributed by atoms with Crippen molar-refractivity contribution in [2.45, 2.75) is 169 Å². The summed E-state index contributed by atoms with van der Waals surface area (Å²) in [6.07, 6.45) is 27.6. The van der Waals surface area contributed by atoms with Gasteiger partial charge in [-0.1, -0.05) is 142 Å². The van der Waals surface area contributed by atoms with Gasteiger partial charge in [0, 0.05) is 51.1 Å². The van der Waals surface area contributed by atoms with Crippen molar-refractivity contribution >= 4 is 44.2 Å². The van der Waals surface area contributed by atoms with Crippen LogP contribution >= 0.6 is 11.3 Å². The molecule has 0 saturated heterocycles. The number of carbonyl (C=O) groups excluding carboxylic acids is 1. The predicted octanol–water partition coefficient (Wildman–Crippen LogP) is 12.1. The molecular weight excluding hydrogens is 735 g/mol. The predicted molar refractivity (Wildman–Crippen MR) is 255 cm³/mol. The van der Waals surface area contributed by atoms with E-state index in [4.69, 9.17) is 9.97 Å². The lowest BCUT2D eigenvalue weighted by molar-refractivity contribution is -0.116. The van der Waals surface area contributed by atoms with Gasteiger partial charge in [-0.05, 0) is 84.9 Å². The first-order chi connectivity index (χ1) is 28.4.